The van der Waals surface area contributed by atoms with Crippen molar-refractivity contribution in [3.05, 3.63) is 83.6 Å². The minimum Gasteiger partial charge on any atom is -0.472 e. The van der Waals surface area contributed by atoms with Gasteiger partial charge in [-0.05, 0) is 43.8 Å². The zero-order valence-corrected chi connectivity index (χ0v) is 20.7. The van der Waals surface area contributed by atoms with Crippen LogP contribution in [0.4, 0.5) is 8.78 Å². The average Bonchev–Trinajstić information content (AvgIpc) is 2.86. The summed E-state index contributed by atoms with van der Waals surface area (Å²) in [7, 11) is 1.93. The number of amides is 1. The van der Waals surface area contributed by atoms with Crippen LogP contribution in [0, 0.1) is 17.6 Å². The third-order valence-corrected chi connectivity index (χ3v) is 6.54. The summed E-state index contributed by atoms with van der Waals surface area (Å²) in [5.41, 5.74) is 1.87. The van der Waals surface area contributed by atoms with E-state index in [1.54, 1.807) is 42.2 Å². The van der Waals surface area contributed by atoms with Crippen LogP contribution >= 0.6 is 0 Å². The summed E-state index contributed by atoms with van der Waals surface area (Å²) in [5, 5.41) is 9.84. The van der Waals surface area contributed by atoms with Crippen molar-refractivity contribution in [2.75, 3.05) is 26.7 Å². The number of carbonyl (C=O) groups is 1. The van der Waals surface area contributed by atoms with Crippen LogP contribution in [0.5, 0.6) is 5.88 Å². The lowest BCUT2D eigenvalue weighted by Crippen LogP contribution is -2.49. The van der Waals surface area contributed by atoms with E-state index < -0.39 is 11.9 Å². The van der Waals surface area contributed by atoms with Crippen LogP contribution in [0.2, 0.25) is 0 Å². The van der Waals surface area contributed by atoms with Gasteiger partial charge in [0.2, 0.25) is 5.88 Å². The summed E-state index contributed by atoms with van der Waals surface area (Å²) < 4.78 is 34.4. The molecular formula is C28H31F2N3O3. The van der Waals surface area contributed by atoms with Gasteiger partial charge in [0, 0.05) is 42.9 Å². The number of ether oxygens (including phenoxy) is 1. The molecule has 8 heteroatoms. The molecule has 0 radical (unpaired) electrons. The Morgan fingerprint density at radius 2 is 1.94 bits per heavy atom. The molecule has 0 aliphatic carbocycles. The van der Waals surface area contributed by atoms with Crippen LogP contribution < -0.4 is 4.74 Å². The molecule has 0 saturated carbocycles. The maximum atomic E-state index is 14.5. The zero-order chi connectivity index (χ0) is 25.8. The summed E-state index contributed by atoms with van der Waals surface area (Å²) in [4.78, 5) is 21.6. The fourth-order valence-corrected chi connectivity index (χ4v) is 4.48. The standard InChI is InChI=1S/C28H31F2N3O3/c1-18-14-33(19(2)17-34)28(35)24-12-21(23-9-4-5-10-25(23)30)13-31-27(24)36-26(18)16-32(3)15-20-7-6-8-22(29)11-20/h4-13,18-19,26,34H,14-17H2,1-3H3/t18-,19-,26+/m0/s1. The predicted molar refractivity (Wildman–Crippen MR) is 134 cm³/mol. The number of likely N-dealkylation sites (N-methyl/N-ethyl adjacent to an activating group) is 1. The number of aliphatic hydroxyl groups excluding tert-OH is 1. The van der Waals surface area contributed by atoms with Gasteiger partial charge < -0.3 is 14.7 Å². The Balaban J connectivity index is 1.66. The number of halogens is 2. The van der Waals surface area contributed by atoms with E-state index in [1.807, 2.05) is 24.9 Å². The second kappa shape index (κ2) is 11.1. The first-order valence-corrected chi connectivity index (χ1v) is 12.0. The molecule has 0 fully saturated rings. The van der Waals surface area contributed by atoms with Crippen molar-refractivity contribution in [3.63, 3.8) is 0 Å². The van der Waals surface area contributed by atoms with Crippen LogP contribution in [0.1, 0.15) is 29.8 Å². The van der Waals surface area contributed by atoms with Gasteiger partial charge in [-0.1, -0.05) is 37.3 Å². The molecule has 2 aromatic carbocycles. The maximum absolute atomic E-state index is 14.5. The van der Waals surface area contributed by atoms with E-state index in [4.69, 9.17) is 4.74 Å². The van der Waals surface area contributed by atoms with Gasteiger partial charge in [-0.2, -0.15) is 0 Å². The number of aromatic nitrogens is 1. The molecule has 1 aliphatic rings. The first-order valence-electron chi connectivity index (χ1n) is 12.0. The number of carbonyl (C=O) groups excluding carboxylic acids is 1. The van der Waals surface area contributed by atoms with Crippen LogP contribution in [0.25, 0.3) is 11.1 Å². The smallest absolute Gasteiger partial charge is 0.259 e. The lowest BCUT2D eigenvalue weighted by Gasteiger charge is -2.37. The van der Waals surface area contributed by atoms with Crippen molar-refractivity contribution in [2.24, 2.45) is 5.92 Å². The summed E-state index contributed by atoms with van der Waals surface area (Å²) >= 11 is 0. The largest absolute Gasteiger partial charge is 0.472 e. The maximum Gasteiger partial charge on any atom is 0.259 e. The van der Waals surface area contributed by atoms with E-state index in [2.05, 4.69) is 4.98 Å². The first-order chi connectivity index (χ1) is 17.3. The molecule has 1 aromatic heterocycles. The first kappa shape index (κ1) is 25.7. The molecule has 3 atom stereocenters. The molecule has 36 heavy (non-hydrogen) atoms. The van der Waals surface area contributed by atoms with E-state index in [0.717, 1.165) is 5.56 Å². The number of aliphatic hydroxyl groups is 1. The van der Waals surface area contributed by atoms with Gasteiger partial charge in [-0.25, -0.2) is 13.8 Å². The Labute approximate surface area is 210 Å². The van der Waals surface area contributed by atoms with Gasteiger partial charge in [-0.15, -0.1) is 0 Å². The third kappa shape index (κ3) is 5.71. The minimum absolute atomic E-state index is 0.0842. The number of pyridine rings is 1. The Bertz CT molecular complexity index is 1220. The van der Waals surface area contributed by atoms with E-state index in [0.29, 0.717) is 30.8 Å². The highest BCUT2D eigenvalue weighted by Crippen LogP contribution is 2.31. The quantitative estimate of drug-likeness (QED) is 0.527. The molecule has 6 nitrogen and oxygen atoms in total. The molecule has 0 bridgehead atoms. The van der Waals surface area contributed by atoms with Crippen LogP contribution in [0.3, 0.4) is 0 Å². The molecule has 4 rings (SSSR count). The second-order valence-electron chi connectivity index (χ2n) is 9.51. The van der Waals surface area contributed by atoms with Gasteiger partial charge >= 0.3 is 0 Å². The van der Waals surface area contributed by atoms with Crippen LogP contribution in [0.15, 0.2) is 60.8 Å². The van der Waals surface area contributed by atoms with E-state index in [9.17, 15) is 18.7 Å². The summed E-state index contributed by atoms with van der Waals surface area (Å²) in [5.74, 6) is -0.933. The zero-order valence-electron chi connectivity index (χ0n) is 20.7. The molecule has 0 spiro atoms. The molecule has 1 N–H and O–H groups in total. The Kier molecular flexibility index (Phi) is 7.96. The normalized spacial score (nSPS) is 18.9. The van der Waals surface area contributed by atoms with Crippen molar-refractivity contribution < 1.29 is 23.4 Å². The number of rotatable bonds is 7. The van der Waals surface area contributed by atoms with Gasteiger partial charge in [0.15, 0.2) is 0 Å². The molecule has 2 heterocycles. The van der Waals surface area contributed by atoms with Crippen LogP contribution in [-0.4, -0.2) is 64.7 Å². The van der Waals surface area contributed by atoms with Gasteiger partial charge in [-0.3, -0.25) is 9.69 Å². The highest BCUT2D eigenvalue weighted by molar-refractivity contribution is 5.98. The molecule has 190 valence electrons. The number of benzene rings is 2. The van der Waals surface area contributed by atoms with Crippen molar-refractivity contribution in [2.45, 2.75) is 32.5 Å². The molecule has 1 amide bonds. The molecule has 3 aromatic rings. The lowest BCUT2D eigenvalue weighted by molar-refractivity contribution is 0.0325. The van der Waals surface area contributed by atoms with Crippen molar-refractivity contribution in [3.8, 4) is 17.0 Å². The fraction of sp³-hybridized carbons (Fsp3) is 0.357. The molecule has 0 unspecified atom stereocenters. The highest BCUT2D eigenvalue weighted by Gasteiger charge is 2.34. The SMILES string of the molecule is C[C@H]1CN([C@@H](C)CO)C(=O)c2cc(-c3ccccc3F)cnc2O[C@@H]1CN(C)Cc1cccc(F)c1. The summed E-state index contributed by atoms with van der Waals surface area (Å²) in [6, 6.07) is 14.0. The monoisotopic (exact) mass is 495 g/mol. The van der Waals surface area contributed by atoms with Gasteiger partial charge in [0.1, 0.15) is 23.3 Å². The number of hydrogen-bond acceptors (Lipinski definition) is 5. The summed E-state index contributed by atoms with van der Waals surface area (Å²) in [6.45, 7) is 4.97. The van der Waals surface area contributed by atoms with E-state index in [1.165, 1.54) is 24.4 Å². The second-order valence-corrected chi connectivity index (χ2v) is 9.51. The predicted octanol–water partition coefficient (Wildman–Crippen LogP) is 4.38. The summed E-state index contributed by atoms with van der Waals surface area (Å²) in [6.07, 6.45) is 1.17. The number of nitrogens with zero attached hydrogens (tertiary/aromatic N) is 3. The highest BCUT2D eigenvalue weighted by atomic mass is 19.1. The third-order valence-electron chi connectivity index (χ3n) is 6.54. The number of fused-ring (bicyclic) bond motifs is 1. The Hall–Kier alpha value is -3.36. The van der Waals surface area contributed by atoms with Crippen molar-refractivity contribution >= 4 is 5.91 Å². The average molecular weight is 496 g/mol. The van der Waals surface area contributed by atoms with E-state index >= 15 is 0 Å². The van der Waals surface area contributed by atoms with Crippen molar-refractivity contribution in [1.82, 2.24) is 14.8 Å². The van der Waals surface area contributed by atoms with Crippen molar-refractivity contribution in [1.29, 1.82) is 0 Å². The van der Waals surface area contributed by atoms with Gasteiger partial charge in [0.25, 0.3) is 5.91 Å². The Morgan fingerprint density at radius 3 is 2.67 bits per heavy atom. The topological polar surface area (TPSA) is 65.9 Å². The lowest BCUT2D eigenvalue weighted by atomic mass is 9.99. The van der Waals surface area contributed by atoms with Gasteiger partial charge in [0.05, 0.1) is 12.6 Å². The molecule has 0 saturated heterocycles. The fourth-order valence-electron chi connectivity index (χ4n) is 4.48. The molecule has 1 aliphatic heterocycles. The minimum atomic E-state index is -0.423. The van der Waals surface area contributed by atoms with Crippen LogP contribution in [-0.2, 0) is 6.54 Å². The molecular weight excluding hydrogens is 464 g/mol. The Morgan fingerprint density at radius 1 is 1.17 bits per heavy atom. The van der Waals surface area contributed by atoms with E-state index in [-0.39, 0.29) is 41.8 Å². The number of hydrogen-bond donors (Lipinski definition) is 1.